The highest BCUT2D eigenvalue weighted by molar-refractivity contribution is 7.30. The number of aromatic nitrogens is 1. The van der Waals surface area contributed by atoms with E-state index in [2.05, 4.69) is 156 Å². The average Bonchev–Trinajstić information content (AvgIpc) is 3.78. The highest BCUT2D eigenvalue weighted by Gasteiger charge is 2.24. The summed E-state index contributed by atoms with van der Waals surface area (Å²) in [7, 11) is 0. The number of thiophene rings is 2. The molecule has 0 aliphatic carbocycles. The van der Waals surface area contributed by atoms with Gasteiger partial charge in [0.05, 0.1) is 15.7 Å². The van der Waals surface area contributed by atoms with Crippen LogP contribution in [0.5, 0.6) is 0 Å². The Labute approximate surface area is 267 Å². The van der Waals surface area contributed by atoms with Gasteiger partial charge < -0.3 is 4.57 Å². The van der Waals surface area contributed by atoms with E-state index in [9.17, 15) is 0 Å². The van der Waals surface area contributed by atoms with E-state index in [1.54, 1.807) is 0 Å². The molecule has 0 saturated carbocycles. The Morgan fingerprint density at radius 1 is 0.378 bits per heavy atom. The van der Waals surface area contributed by atoms with Gasteiger partial charge in [-0.2, -0.15) is 0 Å². The number of fused-ring (bicyclic) bond motifs is 12. The van der Waals surface area contributed by atoms with Gasteiger partial charge in [0, 0.05) is 52.1 Å². The second-order valence-electron chi connectivity index (χ2n) is 11.7. The predicted octanol–water partition coefficient (Wildman–Crippen LogP) is 12.9. The highest BCUT2D eigenvalue weighted by Crippen LogP contribution is 2.52. The number of para-hydroxylation sites is 1. The van der Waals surface area contributed by atoms with Crippen LogP contribution in [0.15, 0.2) is 152 Å². The largest absolute Gasteiger partial charge is 0.308 e. The van der Waals surface area contributed by atoms with Gasteiger partial charge in [0.15, 0.2) is 0 Å². The fourth-order valence-corrected chi connectivity index (χ4v) is 9.81. The van der Waals surface area contributed by atoms with Crippen molar-refractivity contribution in [2.45, 2.75) is 0 Å². The van der Waals surface area contributed by atoms with Crippen molar-refractivity contribution in [3.8, 4) is 27.9 Å². The first-order chi connectivity index (χ1) is 22.3. The van der Waals surface area contributed by atoms with Crippen LogP contribution >= 0.6 is 22.7 Å². The van der Waals surface area contributed by atoms with Gasteiger partial charge in [0.1, 0.15) is 0 Å². The van der Waals surface area contributed by atoms with Crippen molar-refractivity contribution >= 4 is 84.8 Å². The molecule has 10 aromatic rings. The smallest absolute Gasteiger partial charge is 0.0727 e. The third-order valence-electron chi connectivity index (χ3n) is 9.17. The van der Waals surface area contributed by atoms with E-state index in [-0.39, 0.29) is 0 Å². The maximum absolute atomic E-state index is 2.53. The average molecular weight is 608 g/mol. The molecule has 0 radical (unpaired) electrons. The highest BCUT2D eigenvalue weighted by atomic mass is 32.1. The summed E-state index contributed by atoms with van der Waals surface area (Å²) in [5, 5.41) is 8.11. The summed E-state index contributed by atoms with van der Waals surface area (Å²) in [4.78, 5) is 0. The first-order valence-electron chi connectivity index (χ1n) is 15.3. The van der Waals surface area contributed by atoms with Gasteiger partial charge in [-0.3, -0.25) is 0 Å². The third-order valence-corrected chi connectivity index (χ3v) is 11.5. The topological polar surface area (TPSA) is 4.93 Å². The van der Waals surface area contributed by atoms with Crippen LogP contribution in [0.3, 0.4) is 0 Å². The summed E-state index contributed by atoms with van der Waals surface area (Å²) in [6.45, 7) is 0. The van der Waals surface area contributed by atoms with Crippen LogP contribution in [0.4, 0.5) is 0 Å². The molecule has 10 rings (SSSR count). The number of rotatable bonds is 3. The normalized spacial score (nSPS) is 12.0. The van der Waals surface area contributed by atoms with Crippen molar-refractivity contribution in [2.75, 3.05) is 0 Å². The minimum absolute atomic E-state index is 1.18. The van der Waals surface area contributed by atoms with Gasteiger partial charge in [-0.05, 0) is 58.7 Å². The molecule has 3 aromatic heterocycles. The van der Waals surface area contributed by atoms with E-state index in [1.165, 1.54) is 90.1 Å². The quantitative estimate of drug-likeness (QED) is 0.188. The maximum Gasteiger partial charge on any atom is 0.0727 e. The third kappa shape index (κ3) is 3.66. The molecular weight excluding hydrogens is 583 g/mol. The van der Waals surface area contributed by atoms with Crippen molar-refractivity contribution in [3.63, 3.8) is 0 Å². The first kappa shape index (κ1) is 25.1. The lowest BCUT2D eigenvalue weighted by Crippen LogP contribution is -1.94. The molecule has 0 saturated heterocycles. The van der Waals surface area contributed by atoms with Gasteiger partial charge in [0.2, 0.25) is 0 Å². The number of hydrogen-bond donors (Lipinski definition) is 0. The molecule has 0 aliphatic rings. The van der Waals surface area contributed by atoms with Gasteiger partial charge in [-0.15, -0.1) is 22.7 Å². The zero-order valence-electron chi connectivity index (χ0n) is 24.2. The number of benzene rings is 7. The Morgan fingerprint density at radius 3 is 1.71 bits per heavy atom. The van der Waals surface area contributed by atoms with Crippen LogP contribution in [0, 0.1) is 0 Å². The van der Waals surface area contributed by atoms with Crippen LogP contribution < -0.4 is 0 Å². The Kier molecular flexibility index (Phi) is 5.39. The van der Waals surface area contributed by atoms with E-state index in [0.717, 1.165) is 0 Å². The molecule has 0 amide bonds. The fraction of sp³-hybridized carbons (Fsp3) is 0. The molecule has 45 heavy (non-hydrogen) atoms. The van der Waals surface area contributed by atoms with Gasteiger partial charge in [-0.1, -0.05) is 115 Å². The van der Waals surface area contributed by atoms with Crippen molar-refractivity contribution in [3.05, 3.63) is 152 Å². The standard InChI is InChI=1S/C42H25NS2/c1-2-12-26(13-3-1)27-14-10-15-28(24-27)29-16-11-17-30(25-29)43-34-21-7-4-18-31(34)37-38-32-19-5-8-22-35(32)44-41(38)39-33-20-6-9-23-36(33)45-42(39)40(37)43/h1-25H. The summed E-state index contributed by atoms with van der Waals surface area (Å²) < 4.78 is 7.96. The number of nitrogens with zero attached hydrogens (tertiary/aromatic N) is 1. The zero-order chi connectivity index (χ0) is 29.5. The van der Waals surface area contributed by atoms with Crippen LogP contribution in [-0.2, 0) is 0 Å². The molecular formula is C42H25NS2. The minimum atomic E-state index is 1.18. The van der Waals surface area contributed by atoms with E-state index >= 15 is 0 Å². The molecule has 210 valence electrons. The molecule has 3 heterocycles. The van der Waals surface area contributed by atoms with Gasteiger partial charge in [-0.25, -0.2) is 0 Å². The van der Waals surface area contributed by atoms with Crippen molar-refractivity contribution in [1.82, 2.24) is 4.57 Å². The van der Waals surface area contributed by atoms with Crippen molar-refractivity contribution in [1.29, 1.82) is 0 Å². The minimum Gasteiger partial charge on any atom is -0.308 e. The van der Waals surface area contributed by atoms with Crippen LogP contribution in [0.1, 0.15) is 0 Å². The lowest BCUT2D eigenvalue weighted by Gasteiger charge is -2.12. The maximum atomic E-state index is 2.53. The Bertz CT molecular complexity index is 2760. The summed E-state index contributed by atoms with van der Waals surface area (Å²) >= 11 is 3.86. The van der Waals surface area contributed by atoms with Gasteiger partial charge in [0.25, 0.3) is 0 Å². The van der Waals surface area contributed by atoms with E-state index < -0.39 is 0 Å². The molecule has 0 bridgehead atoms. The zero-order valence-corrected chi connectivity index (χ0v) is 25.8. The molecule has 3 heteroatoms. The summed E-state index contributed by atoms with van der Waals surface area (Å²) in [6.07, 6.45) is 0. The summed E-state index contributed by atoms with van der Waals surface area (Å²) in [6, 6.07) is 55.4. The van der Waals surface area contributed by atoms with Crippen LogP contribution in [0.2, 0.25) is 0 Å². The molecule has 0 N–H and O–H groups in total. The second-order valence-corrected chi connectivity index (χ2v) is 13.8. The Morgan fingerprint density at radius 2 is 0.933 bits per heavy atom. The molecule has 0 fully saturated rings. The summed E-state index contributed by atoms with van der Waals surface area (Å²) in [5.41, 5.74) is 8.62. The molecule has 0 atom stereocenters. The molecule has 0 aliphatic heterocycles. The predicted molar refractivity (Wildman–Crippen MR) is 197 cm³/mol. The molecule has 7 aromatic carbocycles. The van der Waals surface area contributed by atoms with Crippen molar-refractivity contribution in [2.24, 2.45) is 0 Å². The molecule has 0 unspecified atom stereocenters. The summed E-state index contributed by atoms with van der Waals surface area (Å²) in [5.74, 6) is 0. The van der Waals surface area contributed by atoms with E-state index in [0.29, 0.717) is 0 Å². The Hall–Kier alpha value is -5.22. The SMILES string of the molecule is c1ccc(-c2cccc(-c3cccc(-n4c5ccccc5c5c6c7ccccc7sc6c6c7ccccc7sc6c54)c3)c2)cc1. The monoisotopic (exact) mass is 607 g/mol. The number of hydrogen-bond acceptors (Lipinski definition) is 2. The second kappa shape index (κ2) is 9.64. The molecule has 0 spiro atoms. The van der Waals surface area contributed by atoms with E-state index in [4.69, 9.17) is 0 Å². The van der Waals surface area contributed by atoms with Gasteiger partial charge >= 0.3 is 0 Å². The first-order valence-corrected chi connectivity index (χ1v) is 16.9. The van der Waals surface area contributed by atoms with Crippen LogP contribution in [-0.4, -0.2) is 4.57 Å². The fourth-order valence-electron chi connectivity index (χ4n) is 7.22. The van der Waals surface area contributed by atoms with Crippen molar-refractivity contribution < 1.29 is 0 Å². The van der Waals surface area contributed by atoms with E-state index in [1.807, 2.05) is 22.7 Å². The van der Waals surface area contributed by atoms with Crippen LogP contribution in [0.25, 0.3) is 90.1 Å². The molecule has 1 nitrogen and oxygen atoms in total. The lowest BCUT2D eigenvalue weighted by atomic mass is 9.99. The Balaban J connectivity index is 1.33. The lowest BCUT2D eigenvalue weighted by molar-refractivity contribution is 1.19.